The van der Waals surface area contributed by atoms with E-state index < -0.39 is 6.10 Å². The van der Waals surface area contributed by atoms with Crippen LogP contribution in [0.3, 0.4) is 0 Å². The van der Waals surface area contributed by atoms with Crippen LogP contribution in [-0.4, -0.2) is 31.8 Å². The molecule has 0 aliphatic carbocycles. The minimum absolute atomic E-state index is 0.133. The van der Waals surface area contributed by atoms with E-state index in [1.807, 2.05) is 29.6 Å². The van der Waals surface area contributed by atoms with Gasteiger partial charge >= 0.3 is 0 Å². The van der Waals surface area contributed by atoms with Gasteiger partial charge in [0.15, 0.2) is 11.5 Å². The summed E-state index contributed by atoms with van der Waals surface area (Å²) in [6.45, 7) is 0.133. The summed E-state index contributed by atoms with van der Waals surface area (Å²) in [4.78, 5) is 12.3. The van der Waals surface area contributed by atoms with E-state index in [2.05, 4.69) is 5.32 Å². The molecule has 1 atom stereocenters. The summed E-state index contributed by atoms with van der Waals surface area (Å²) in [5, 5.41) is 16.1. The highest BCUT2D eigenvalue weighted by Crippen LogP contribution is 2.30. The van der Waals surface area contributed by atoms with Crippen LogP contribution in [0.5, 0.6) is 11.5 Å². The van der Waals surface area contributed by atoms with Crippen molar-refractivity contribution in [2.75, 3.05) is 20.8 Å². The van der Waals surface area contributed by atoms with Gasteiger partial charge < -0.3 is 19.9 Å². The van der Waals surface area contributed by atoms with Gasteiger partial charge in [0.1, 0.15) is 0 Å². The summed E-state index contributed by atoms with van der Waals surface area (Å²) in [6.07, 6.45) is -0.764. The molecule has 3 rings (SSSR count). The van der Waals surface area contributed by atoms with Crippen LogP contribution < -0.4 is 14.8 Å². The Hall–Kier alpha value is -2.57. The van der Waals surface area contributed by atoms with Crippen LogP contribution >= 0.6 is 11.3 Å². The number of carbonyl (C=O) groups is 1. The fraction of sp³-hybridized carbons (Fsp3) is 0.211. The van der Waals surface area contributed by atoms with Crippen LogP contribution in [0.1, 0.15) is 22.0 Å². The van der Waals surface area contributed by atoms with Gasteiger partial charge in [-0.2, -0.15) is 0 Å². The number of carbonyl (C=O) groups excluding carboxylic acids is 1. The number of hydrogen-bond donors (Lipinski definition) is 2. The van der Waals surface area contributed by atoms with Gasteiger partial charge in [0, 0.05) is 22.4 Å². The molecule has 0 saturated heterocycles. The highest BCUT2D eigenvalue weighted by molar-refractivity contribution is 7.17. The first kappa shape index (κ1) is 17.3. The molecule has 0 bridgehead atoms. The average Bonchev–Trinajstić information content (AvgIpc) is 3.09. The van der Waals surface area contributed by atoms with Gasteiger partial charge in [0.2, 0.25) is 0 Å². The fourth-order valence-electron chi connectivity index (χ4n) is 2.64. The van der Waals surface area contributed by atoms with Crippen molar-refractivity contribution in [1.29, 1.82) is 0 Å². The summed E-state index contributed by atoms with van der Waals surface area (Å²) in [5.41, 5.74) is 1.27. The number of aliphatic hydroxyl groups is 1. The smallest absolute Gasteiger partial charge is 0.251 e. The van der Waals surface area contributed by atoms with Gasteiger partial charge in [-0.25, -0.2) is 0 Å². The topological polar surface area (TPSA) is 67.8 Å². The van der Waals surface area contributed by atoms with Gasteiger partial charge in [-0.05, 0) is 35.0 Å². The molecule has 6 heteroatoms. The zero-order valence-electron chi connectivity index (χ0n) is 14.0. The lowest BCUT2D eigenvalue weighted by molar-refractivity contribution is 0.0917. The molecular weight excluding hydrogens is 338 g/mol. The van der Waals surface area contributed by atoms with E-state index in [-0.39, 0.29) is 12.5 Å². The standard InChI is InChI=1S/C19H19NO4S/c1-23-16-8-7-12(9-17(16)24-2)19(22)20-10-15(21)14-11-25-18-6-4-3-5-13(14)18/h3-9,11,15,21H,10H2,1-2H3,(H,20,22). The number of aliphatic hydroxyl groups excluding tert-OH is 1. The Labute approximate surface area is 149 Å². The number of amides is 1. The van der Waals surface area contributed by atoms with E-state index in [1.54, 1.807) is 36.6 Å². The summed E-state index contributed by atoms with van der Waals surface area (Å²) < 4.78 is 11.5. The van der Waals surface area contributed by atoms with Crippen LogP contribution in [0.4, 0.5) is 0 Å². The van der Waals surface area contributed by atoms with Crippen molar-refractivity contribution < 1.29 is 19.4 Å². The van der Waals surface area contributed by atoms with E-state index in [4.69, 9.17) is 9.47 Å². The van der Waals surface area contributed by atoms with E-state index in [9.17, 15) is 9.90 Å². The Morgan fingerprint density at radius 3 is 2.68 bits per heavy atom. The summed E-state index contributed by atoms with van der Waals surface area (Å²) in [5.74, 6) is 0.767. The molecule has 1 unspecified atom stereocenters. The van der Waals surface area contributed by atoms with Crippen LogP contribution in [0.2, 0.25) is 0 Å². The number of ether oxygens (including phenoxy) is 2. The van der Waals surface area contributed by atoms with Crippen LogP contribution in [-0.2, 0) is 0 Å². The normalized spacial score (nSPS) is 12.0. The molecule has 2 aromatic carbocycles. The van der Waals surface area contributed by atoms with Crippen molar-refractivity contribution >= 4 is 27.3 Å². The minimum Gasteiger partial charge on any atom is -0.493 e. The predicted octanol–water partition coefficient (Wildman–Crippen LogP) is 3.38. The van der Waals surface area contributed by atoms with Gasteiger partial charge in [0.25, 0.3) is 5.91 Å². The SMILES string of the molecule is COc1ccc(C(=O)NCC(O)c2csc3ccccc23)cc1OC. The molecule has 0 spiro atoms. The lowest BCUT2D eigenvalue weighted by Gasteiger charge is -2.13. The van der Waals surface area contributed by atoms with Crippen molar-refractivity contribution in [2.24, 2.45) is 0 Å². The first-order valence-electron chi connectivity index (χ1n) is 7.78. The highest BCUT2D eigenvalue weighted by Gasteiger charge is 2.16. The zero-order chi connectivity index (χ0) is 17.8. The first-order valence-corrected chi connectivity index (χ1v) is 8.66. The van der Waals surface area contributed by atoms with E-state index in [0.29, 0.717) is 17.1 Å². The second kappa shape index (κ2) is 7.55. The van der Waals surface area contributed by atoms with Crippen molar-refractivity contribution in [2.45, 2.75) is 6.10 Å². The Bertz CT molecular complexity index is 890. The molecule has 0 aliphatic rings. The summed E-state index contributed by atoms with van der Waals surface area (Å²) in [6, 6.07) is 12.8. The number of fused-ring (bicyclic) bond motifs is 1. The van der Waals surface area contributed by atoms with Crippen LogP contribution in [0.15, 0.2) is 47.8 Å². The molecule has 130 valence electrons. The minimum atomic E-state index is -0.764. The van der Waals surface area contributed by atoms with Crippen molar-refractivity contribution in [1.82, 2.24) is 5.32 Å². The van der Waals surface area contributed by atoms with Gasteiger partial charge in [0.05, 0.1) is 20.3 Å². The molecule has 0 fully saturated rings. The van der Waals surface area contributed by atoms with Crippen LogP contribution in [0, 0.1) is 0 Å². The van der Waals surface area contributed by atoms with E-state index in [1.165, 1.54) is 7.11 Å². The number of methoxy groups -OCH3 is 2. The molecule has 3 aromatic rings. The third-order valence-electron chi connectivity index (χ3n) is 3.97. The second-order valence-corrected chi connectivity index (χ2v) is 6.39. The van der Waals surface area contributed by atoms with Crippen molar-refractivity contribution in [3.8, 4) is 11.5 Å². The monoisotopic (exact) mass is 357 g/mol. The Morgan fingerprint density at radius 2 is 1.92 bits per heavy atom. The third-order valence-corrected chi connectivity index (χ3v) is 4.95. The summed E-state index contributed by atoms with van der Waals surface area (Å²) >= 11 is 1.58. The molecule has 0 saturated carbocycles. The third kappa shape index (κ3) is 3.60. The zero-order valence-corrected chi connectivity index (χ0v) is 14.8. The Morgan fingerprint density at radius 1 is 1.16 bits per heavy atom. The number of benzene rings is 2. The molecule has 0 aliphatic heterocycles. The quantitative estimate of drug-likeness (QED) is 0.710. The van der Waals surface area contributed by atoms with E-state index >= 15 is 0 Å². The molecule has 2 N–H and O–H groups in total. The van der Waals surface area contributed by atoms with Crippen molar-refractivity contribution in [3.63, 3.8) is 0 Å². The lowest BCUT2D eigenvalue weighted by atomic mass is 10.1. The van der Waals surface area contributed by atoms with Crippen molar-refractivity contribution in [3.05, 3.63) is 59.0 Å². The number of nitrogens with one attached hydrogen (secondary N) is 1. The predicted molar refractivity (Wildman–Crippen MR) is 98.7 cm³/mol. The fourth-order valence-corrected chi connectivity index (χ4v) is 3.64. The molecule has 1 aromatic heterocycles. The second-order valence-electron chi connectivity index (χ2n) is 5.48. The van der Waals surface area contributed by atoms with E-state index in [0.717, 1.165) is 15.6 Å². The van der Waals surface area contributed by atoms with Crippen LogP contribution in [0.25, 0.3) is 10.1 Å². The number of hydrogen-bond acceptors (Lipinski definition) is 5. The van der Waals surface area contributed by atoms with Gasteiger partial charge in [-0.3, -0.25) is 4.79 Å². The highest BCUT2D eigenvalue weighted by atomic mass is 32.1. The summed E-state index contributed by atoms with van der Waals surface area (Å²) in [7, 11) is 3.06. The largest absolute Gasteiger partial charge is 0.493 e. The molecular formula is C19H19NO4S. The average molecular weight is 357 g/mol. The molecule has 0 radical (unpaired) electrons. The lowest BCUT2D eigenvalue weighted by Crippen LogP contribution is -2.28. The first-order chi connectivity index (χ1) is 12.1. The molecule has 5 nitrogen and oxygen atoms in total. The maximum absolute atomic E-state index is 12.3. The molecule has 25 heavy (non-hydrogen) atoms. The molecule has 1 amide bonds. The number of thiophene rings is 1. The Balaban J connectivity index is 1.69. The maximum Gasteiger partial charge on any atom is 0.251 e. The van der Waals surface area contributed by atoms with Gasteiger partial charge in [-0.15, -0.1) is 11.3 Å². The molecule has 1 heterocycles. The van der Waals surface area contributed by atoms with Gasteiger partial charge in [-0.1, -0.05) is 18.2 Å². The number of rotatable bonds is 6. The Kier molecular flexibility index (Phi) is 5.21. The maximum atomic E-state index is 12.3.